The summed E-state index contributed by atoms with van der Waals surface area (Å²) in [6, 6.07) is 19.6. The Bertz CT molecular complexity index is 711. The number of hydrogen-bond acceptors (Lipinski definition) is 3. The Morgan fingerprint density at radius 3 is 2.32 bits per heavy atom. The highest BCUT2D eigenvalue weighted by atomic mass is 16.5. The van der Waals surface area contributed by atoms with Gasteiger partial charge in [0.05, 0.1) is 18.2 Å². The second-order valence-corrected chi connectivity index (χ2v) is 6.98. The van der Waals surface area contributed by atoms with Gasteiger partial charge in [-0.3, -0.25) is 4.79 Å². The molecule has 0 bridgehead atoms. The Morgan fingerprint density at radius 1 is 1.00 bits per heavy atom. The first-order valence-corrected chi connectivity index (χ1v) is 9.06. The maximum absolute atomic E-state index is 13.3. The number of ether oxygens (including phenoxy) is 1. The van der Waals surface area contributed by atoms with Crippen molar-refractivity contribution in [2.24, 2.45) is 0 Å². The van der Waals surface area contributed by atoms with E-state index in [0.717, 1.165) is 43.6 Å². The van der Waals surface area contributed by atoms with Crippen molar-refractivity contribution >= 4 is 11.6 Å². The van der Waals surface area contributed by atoms with Gasteiger partial charge in [0.15, 0.2) is 0 Å². The predicted octanol–water partition coefficient (Wildman–Crippen LogP) is 3.24. The molecule has 4 nitrogen and oxygen atoms in total. The van der Waals surface area contributed by atoms with Crippen molar-refractivity contribution in [3.8, 4) is 0 Å². The fraction of sp³-hybridized carbons (Fsp3) is 0.381. The molecule has 2 saturated heterocycles. The van der Waals surface area contributed by atoms with Crippen molar-refractivity contribution in [1.82, 2.24) is 5.32 Å². The van der Waals surface area contributed by atoms with Crippen molar-refractivity contribution in [1.29, 1.82) is 0 Å². The summed E-state index contributed by atoms with van der Waals surface area (Å²) in [6.45, 7) is 2.59. The van der Waals surface area contributed by atoms with Crippen molar-refractivity contribution in [2.75, 3.05) is 24.6 Å². The van der Waals surface area contributed by atoms with Gasteiger partial charge in [0.2, 0.25) is 0 Å². The van der Waals surface area contributed by atoms with Gasteiger partial charge in [-0.25, -0.2) is 0 Å². The zero-order valence-electron chi connectivity index (χ0n) is 14.4. The Kier molecular flexibility index (Phi) is 4.55. The molecule has 1 spiro atoms. The molecule has 130 valence electrons. The largest absolute Gasteiger partial charge is 0.373 e. The summed E-state index contributed by atoms with van der Waals surface area (Å²) in [5.74, 6) is 0.0476. The van der Waals surface area contributed by atoms with E-state index in [1.807, 2.05) is 65.6 Å². The number of hydrogen-bond donors (Lipinski definition) is 1. The van der Waals surface area contributed by atoms with E-state index in [2.05, 4.69) is 5.32 Å². The van der Waals surface area contributed by atoms with E-state index in [1.165, 1.54) is 0 Å². The van der Waals surface area contributed by atoms with Crippen LogP contribution in [0.15, 0.2) is 60.7 Å². The number of carbonyl (C=O) groups excluding carboxylic acids is 1. The van der Waals surface area contributed by atoms with Crippen LogP contribution in [0.4, 0.5) is 5.69 Å². The zero-order valence-corrected chi connectivity index (χ0v) is 14.4. The number of piperidine rings is 1. The molecule has 2 aromatic carbocycles. The molecular weight excluding hydrogens is 312 g/mol. The molecule has 2 heterocycles. The summed E-state index contributed by atoms with van der Waals surface area (Å²) < 4.78 is 6.25. The number of para-hydroxylation sites is 1. The smallest absolute Gasteiger partial charge is 0.258 e. The summed E-state index contributed by atoms with van der Waals surface area (Å²) in [5.41, 5.74) is 1.59. The lowest BCUT2D eigenvalue weighted by molar-refractivity contribution is -0.0193. The van der Waals surface area contributed by atoms with Crippen LogP contribution in [0.3, 0.4) is 0 Å². The topological polar surface area (TPSA) is 41.6 Å². The zero-order chi connectivity index (χ0) is 17.1. The van der Waals surface area contributed by atoms with Gasteiger partial charge in [-0.1, -0.05) is 36.4 Å². The SMILES string of the molecule is O=C(c1ccccc1)N(c1ccccc1)[C@H]1COC2(CCNCC2)C1. The number of amides is 1. The van der Waals surface area contributed by atoms with Crippen LogP contribution in [0.5, 0.6) is 0 Å². The lowest BCUT2D eigenvalue weighted by Crippen LogP contribution is -2.44. The number of anilines is 1. The molecule has 2 aliphatic rings. The number of nitrogens with one attached hydrogen (secondary N) is 1. The molecular formula is C21H24N2O2. The minimum Gasteiger partial charge on any atom is -0.373 e. The molecule has 0 aromatic heterocycles. The van der Waals surface area contributed by atoms with Crippen molar-refractivity contribution in [2.45, 2.75) is 30.9 Å². The second-order valence-electron chi connectivity index (χ2n) is 6.98. The Balaban J connectivity index is 1.63. The van der Waals surface area contributed by atoms with Gasteiger partial charge in [-0.2, -0.15) is 0 Å². The van der Waals surface area contributed by atoms with E-state index in [0.29, 0.717) is 6.61 Å². The third-order valence-corrected chi connectivity index (χ3v) is 5.34. The molecule has 4 rings (SSSR count). The van der Waals surface area contributed by atoms with Crippen molar-refractivity contribution in [3.63, 3.8) is 0 Å². The summed E-state index contributed by atoms with van der Waals surface area (Å²) >= 11 is 0. The molecule has 4 heteroatoms. The molecule has 0 radical (unpaired) electrons. The van der Waals surface area contributed by atoms with Gasteiger partial charge in [-0.05, 0) is 56.6 Å². The molecule has 1 N–H and O–H groups in total. The fourth-order valence-corrected chi connectivity index (χ4v) is 4.02. The third kappa shape index (κ3) is 3.32. The lowest BCUT2D eigenvalue weighted by Gasteiger charge is -2.34. The lowest BCUT2D eigenvalue weighted by atomic mass is 9.87. The normalized spacial score (nSPS) is 22.0. The molecule has 0 aliphatic carbocycles. The van der Waals surface area contributed by atoms with Crippen LogP contribution < -0.4 is 10.2 Å². The maximum atomic E-state index is 13.3. The Labute approximate surface area is 148 Å². The predicted molar refractivity (Wildman–Crippen MR) is 98.9 cm³/mol. The highest BCUT2D eigenvalue weighted by Gasteiger charge is 2.44. The van der Waals surface area contributed by atoms with E-state index < -0.39 is 0 Å². The van der Waals surface area contributed by atoms with Crippen LogP contribution in [0.1, 0.15) is 29.6 Å². The minimum atomic E-state index is -0.0695. The third-order valence-electron chi connectivity index (χ3n) is 5.34. The molecule has 1 amide bonds. The summed E-state index contributed by atoms with van der Waals surface area (Å²) in [5, 5.41) is 3.40. The quantitative estimate of drug-likeness (QED) is 0.935. The van der Waals surface area contributed by atoms with Crippen LogP contribution in [0.2, 0.25) is 0 Å². The maximum Gasteiger partial charge on any atom is 0.258 e. The van der Waals surface area contributed by atoms with Crippen LogP contribution in [-0.2, 0) is 4.74 Å². The molecule has 2 fully saturated rings. The highest BCUT2D eigenvalue weighted by Crippen LogP contribution is 2.37. The first kappa shape index (κ1) is 16.3. The van der Waals surface area contributed by atoms with E-state index in [1.54, 1.807) is 0 Å². The number of rotatable bonds is 3. The number of benzene rings is 2. The summed E-state index contributed by atoms with van der Waals surface area (Å²) in [7, 11) is 0. The monoisotopic (exact) mass is 336 g/mol. The van der Waals surface area contributed by atoms with Crippen LogP contribution >= 0.6 is 0 Å². The first-order chi connectivity index (χ1) is 12.3. The second kappa shape index (κ2) is 6.98. The summed E-state index contributed by atoms with van der Waals surface area (Å²) in [4.78, 5) is 15.2. The first-order valence-electron chi connectivity index (χ1n) is 9.06. The van der Waals surface area contributed by atoms with Crippen molar-refractivity contribution < 1.29 is 9.53 Å². The average Bonchev–Trinajstić information content (AvgIpc) is 3.07. The average molecular weight is 336 g/mol. The van der Waals surface area contributed by atoms with Gasteiger partial charge in [0, 0.05) is 11.3 Å². The number of nitrogens with zero attached hydrogens (tertiary/aromatic N) is 1. The standard InChI is InChI=1S/C21H24N2O2/c24-20(17-7-3-1-4-8-17)23(18-9-5-2-6-10-18)19-15-21(25-16-19)11-13-22-14-12-21/h1-10,19,22H,11-16H2/t19-/m1/s1. The van der Waals surface area contributed by atoms with E-state index in [-0.39, 0.29) is 17.6 Å². The van der Waals surface area contributed by atoms with E-state index in [9.17, 15) is 4.79 Å². The summed E-state index contributed by atoms with van der Waals surface area (Å²) in [6.07, 6.45) is 2.94. The van der Waals surface area contributed by atoms with E-state index in [4.69, 9.17) is 4.74 Å². The Hall–Kier alpha value is -2.17. The van der Waals surface area contributed by atoms with E-state index >= 15 is 0 Å². The molecule has 25 heavy (non-hydrogen) atoms. The van der Waals surface area contributed by atoms with Gasteiger partial charge >= 0.3 is 0 Å². The van der Waals surface area contributed by atoms with Crippen LogP contribution in [-0.4, -0.2) is 37.2 Å². The van der Waals surface area contributed by atoms with Crippen molar-refractivity contribution in [3.05, 3.63) is 66.2 Å². The minimum absolute atomic E-state index is 0.0476. The van der Waals surface area contributed by atoms with Gasteiger partial charge in [0.1, 0.15) is 0 Å². The molecule has 0 unspecified atom stereocenters. The molecule has 2 aromatic rings. The fourth-order valence-electron chi connectivity index (χ4n) is 4.02. The van der Waals surface area contributed by atoms with Crippen LogP contribution in [0, 0.1) is 0 Å². The molecule has 2 aliphatic heterocycles. The number of carbonyl (C=O) groups is 1. The molecule has 0 saturated carbocycles. The molecule has 1 atom stereocenters. The van der Waals surface area contributed by atoms with Crippen LogP contribution in [0.25, 0.3) is 0 Å². The van der Waals surface area contributed by atoms with Gasteiger partial charge in [-0.15, -0.1) is 0 Å². The highest BCUT2D eigenvalue weighted by molar-refractivity contribution is 6.06. The van der Waals surface area contributed by atoms with Gasteiger partial charge < -0.3 is 15.0 Å². The Morgan fingerprint density at radius 2 is 1.64 bits per heavy atom. The van der Waals surface area contributed by atoms with Gasteiger partial charge in [0.25, 0.3) is 5.91 Å².